The van der Waals surface area contributed by atoms with Gasteiger partial charge in [-0.2, -0.15) is 0 Å². The van der Waals surface area contributed by atoms with E-state index < -0.39 is 0 Å². The number of halogens is 1. The van der Waals surface area contributed by atoms with E-state index in [4.69, 9.17) is 34.0 Å². The molecule has 4 heteroatoms. The SMILES string of the molecule is Cc1ccc(Cl)cc1-c1ccc(C(N)=S)o1. The predicted molar refractivity (Wildman–Crippen MR) is 69.8 cm³/mol. The molecule has 0 aliphatic carbocycles. The molecule has 0 spiro atoms. The predicted octanol–water partition coefficient (Wildman–Crippen LogP) is 3.54. The summed E-state index contributed by atoms with van der Waals surface area (Å²) in [4.78, 5) is 0.255. The molecule has 0 fully saturated rings. The van der Waals surface area contributed by atoms with Gasteiger partial charge in [0.25, 0.3) is 0 Å². The molecule has 0 saturated carbocycles. The highest BCUT2D eigenvalue weighted by molar-refractivity contribution is 7.80. The van der Waals surface area contributed by atoms with Crippen LogP contribution < -0.4 is 5.73 Å². The summed E-state index contributed by atoms with van der Waals surface area (Å²) < 4.78 is 5.54. The van der Waals surface area contributed by atoms with Crippen LogP contribution in [0.4, 0.5) is 0 Å². The summed E-state index contributed by atoms with van der Waals surface area (Å²) in [7, 11) is 0. The summed E-state index contributed by atoms with van der Waals surface area (Å²) in [5, 5.41) is 0.675. The highest BCUT2D eigenvalue weighted by Gasteiger charge is 2.09. The Morgan fingerprint density at radius 3 is 2.69 bits per heavy atom. The minimum Gasteiger partial charge on any atom is -0.454 e. The van der Waals surface area contributed by atoms with Crippen LogP contribution in [0.15, 0.2) is 34.7 Å². The maximum atomic E-state index is 5.94. The van der Waals surface area contributed by atoms with E-state index in [9.17, 15) is 0 Å². The quantitative estimate of drug-likeness (QED) is 0.830. The summed E-state index contributed by atoms with van der Waals surface area (Å²) in [5.41, 5.74) is 7.53. The molecule has 0 aliphatic heterocycles. The second kappa shape index (κ2) is 4.28. The molecule has 0 radical (unpaired) electrons. The van der Waals surface area contributed by atoms with Gasteiger partial charge in [-0.15, -0.1) is 0 Å². The van der Waals surface area contributed by atoms with Crippen molar-refractivity contribution in [3.63, 3.8) is 0 Å². The Morgan fingerprint density at radius 1 is 1.31 bits per heavy atom. The van der Waals surface area contributed by atoms with Gasteiger partial charge in [0.05, 0.1) is 0 Å². The minimum absolute atomic E-state index is 0.255. The standard InChI is InChI=1S/C12H10ClNOS/c1-7-2-3-8(13)6-9(7)10-4-5-11(15-10)12(14)16/h2-6H,1H3,(H2,14,16). The first-order valence-corrected chi connectivity index (χ1v) is 5.52. The van der Waals surface area contributed by atoms with Crippen LogP contribution in [0.5, 0.6) is 0 Å². The number of hydrogen-bond donors (Lipinski definition) is 1. The average molecular weight is 252 g/mol. The largest absolute Gasteiger partial charge is 0.454 e. The fraction of sp³-hybridized carbons (Fsp3) is 0.0833. The molecule has 16 heavy (non-hydrogen) atoms. The molecule has 1 aromatic heterocycles. The Balaban J connectivity index is 2.50. The van der Waals surface area contributed by atoms with Gasteiger partial charge in [-0.05, 0) is 36.8 Å². The number of rotatable bonds is 2. The first-order valence-electron chi connectivity index (χ1n) is 4.74. The zero-order valence-electron chi connectivity index (χ0n) is 8.66. The van der Waals surface area contributed by atoms with Crippen LogP contribution in [0, 0.1) is 6.92 Å². The third kappa shape index (κ3) is 2.10. The van der Waals surface area contributed by atoms with Crippen molar-refractivity contribution in [3.8, 4) is 11.3 Å². The Bertz CT molecular complexity index is 548. The van der Waals surface area contributed by atoms with Crippen LogP contribution in [0.2, 0.25) is 5.02 Å². The van der Waals surface area contributed by atoms with E-state index >= 15 is 0 Å². The van der Waals surface area contributed by atoms with E-state index in [2.05, 4.69) is 0 Å². The lowest BCUT2D eigenvalue weighted by Gasteiger charge is -2.02. The number of nitrogens with two attached hydrogens (primary N) is 1. The topological polar surface area (TPSA) is 39.2 Å². The first kappa shape index (κ1) is 11.2. The highest BCUT2D eigenvalue weighted by Crippen LogP contribution is 2.28. The number of benzene rings is 1. The van der Waals surface area contributed by atoms with Crippen LogP contribution in [-0.2, 0) is 0 Å². The molecule has 82 valence electrons. The Morgan fingerprint density at radius 2 is 2.06 bits per heavy atom. The summed E-state index contributed by atoms with van der Waals surface area (Å²) in [5.74, 6) is 1.24. The number of aryl methyl sites for hydroxylation is 1. The van der Waals surface area contributed by atoms with Crippen molar-refractivity contribution in [1.82, 2.24) is 0 Å². The van der Waals surface area contributed by atoms with Gasteiger partial charge in [-0.1, -0.05) is 29.9 Å². The van der Waals surface area contributed by atoms with Crippen molar-refractivity contribution < 1.29 is 4.42 Å². The van der Waals surface area contributed by atoms with Gasteiger partial charge < -0.3 is 10.2 Å². The third-order valence-electron chi connectivity index (χ3n) is 2.31. The highest BCUT2D eigenvalue weighted by atomic mass is 35.5. The number of thiocarbonyl (C=S) groups is 1. The zero-order valence-corrected chi connectivity index (χ0v) is 10.2. The number of furan rings is 1. The zero-order chi connectivity index (χ0) is 11.7. The van der Waals surface area contributed by atoms with Crippen LogP contribution in [0.25, 0.3) is 11.3 Å². The van der Waals surface area contributed by atoms with Gasteiger partial charge in [-0.25, -0.2) is 0 Å². The van der Waals surface area contributed by atoms with Crippen LogP contribution in [0.3, 0.4) is 0 Å². The molecule has 0 amide bonds. The summed E-state index contributed by atoms with van der Waals surface area (Å²) in [6.07, 6.45) is 0. The lowest BCUT2D eigenvalue weighted by molar-refractivity contribution is 0.573. The van der Waals surface area contributed by atoms with E-state index in [1.165, 1.54) is 0 Å². The normalized spacial score (nSPS) is 10.4. The van der Waals surface area contributed by atoms with Crippen molar-refractivity contribution in [3.05, 3.63) is 46.7 Å². The van der Waals surface area contributed by atoms with Crippen molar-refractivity contribution >= 4 is 28.8 Å². The molecule has 0 saturated heterocycles. The molecular formula is C12H10ClNOS. The minimum atomic E-state index is 0.255. The maximum Gasteiger partial charge on any atom is 0.161 e. The molecule has 0 unspecified atom stereocenters. The van der Waals surface area contributed by atoms with Crippen molar-refractivity contribution in [2.24, 2.45) is 5.73 Å². The molecule has 0 aliphatic rings. The van der Waals surface area contributed by atoms with Crippen molar-refractivity contribution in [1.29, 1.82) is 0 Å². The first-order chi connectivity index (χ1) is 7.58. The molecule has 2 rings (SSSR count). The van der Waals surface area contributed by atoms with Crippen LogP contribution in [-0.4, -0.2) is 4.99 Å². The van der Waals surface area contributed by atoms with Gasteiger partial charge in [0.1, 0.15) is 10.7 Å². The van der Waals surface area contributed by atoms with Crippen molar-refractivity contribution in [2.45, 2.75) is 6.92 Å². The van der Waals surface area contributed by atoms with Crippen LogP contribution >= 0.6 is 23.8 Å². The van der Waals surface area contributed by atoms with E-state index in [0.29, 0.717) is 10.8 Å². The van der Waals surface area contributed by atoms with Gasteiger partial charge >= 0.3 is 0 Å². The Labute approximate surface area is 104 Å². The van der Waals surface area contributed by atoms with E-state index in [1.807, 2.05) is 31.2 Å². The maximum absolute atomic E-state index is 5.94. The van der Waals surface area contributed by atoms with Crippen LogP contribution in [0.1, 0.15) is 11.3 Å². The summed E-state index contributed by atoms with van der Waals surface area (Å²) in [6.45, 7) is 1.99. The molecular weight excluding hydrogens is 242 g/mol. The fourth-order valence-electron chi connectivity index (χ4n) is 1.47. The van der Waals surface area contributed by atoms with Gasteiger partial charge in [-0.3, -0.25) is 0 Å². The lowest BCUT2D eigenvalue weighted by Crippen LogP contribution is -2.07. The molecule has 0 atom stereocenters. The lowest BCUT2D eigenvalue weighted by atomic mass is 10.1. The van der Waals surface area contributed by atoms with E-state index in [0.717, 1.165) is 16.9 Å². The Kier molecular flexibility index (Phi) is 2.99. The second-order valence-electron chi connectivity index (χ2n) is 3.49. The van der Waals surface area contributed by atoms with Crippen molar-refractivity contribution in [2.75, 3.05) is 0 Å². The third-order valence-corrected chi connectivity index (χ3v) is 2.75. The molecule has 2 nitrogen and oxygen atoms in total. The second-order valence-corrected chi connectivity index (χ2v) is 4.36. The smallest absolute Gasteiger partial charge is 0.161 e. The van der Waals surface area contributed by atoms with E-state index in [1.54, 1.807) is 6.07 Å². The van der Waals surface area contributed by atoms with Gasteiger partial charge in [0.15, 0.2) is 5.76 Å². The molecule has 2 aromatic rings. The van der Waals surface area contributed by atoms with E-state index in [-0.39, 0.29) is 4.99 Å². The molecule has 0 bridgehead atoms. The monoisotopic (exact) mass is 251 g/mol. The Hall–Kier alpha value is -1.32. The van der Waals surface area contributed by atoms with Gasteiger partial charge in [0, 0.05) is 10.6 Å². The average Bonchev–Trinajstić information content (AvgIpc) is 2.70. The fourth-order valence-corrected chi connectivity index (χ4v) is 1.76. The molecule has 2 N–H and O–H groups in total. The molecule has 1 heterocycles. The summed E-state index contributed by atoms with van der Waals surface area (Å²) in [6, 6.07) is 9.25. The van der Waals surface area contributed by atoms with Gasteiger partial charge in [0.2, 0.25) is 0 Å². The number of hydrogen-bond acceptors (Lipinski definition) is 2. The molecule has 1 aromatic carbocycles. The summed E-state index contributed by atoms with van der Waals surface area (Å²) >= 11 is 10.8.